The molecule has 9 atom stereocenters. The van der Waals surface area contributed by atoms with Crippen LogP contribution in [-0.2, 0) is 9.47 Å². The molecule has 9 N–H and O–H groups in total. The lowest BCUT2D eigenvalue weighted by Gasteiger charge is -2.37. The first-order chi connectivity index (χ1) is 10.2. The van der Waals surface area contributed by atoms with Gasteiger partial charge in [-0.25, -0.2) is 0 Å². The largest absolute Gasteiger partial charge is 0.394 e. The van der Waals surface area contributed by atoms with Crippen molar-refractivity contribution in [1.29, 1.82) is 0 Å². The van der Waals surface area contributed by atoms with Crippen LogP contribution in [0, 0.1) is 0 Å². The van der Waals surface area contributed by atoms with E-state index in [9.17, 15) is 0 Å². The summed E-state index contributed by atoms with van der Waals surface area (Å²) in [5, 5.41) is 79.9. The molecule has 11 nitrogen and oxygen atoms in total. The molecule has 2 rings (SSSR count). The standard InChI is InChI=1S/C6H12O6.C5H10O5/c7-1-2-3(8)4(9)5(10)6(11)12-2;6-2-1-10-5(9)4(8)3(2)7/h2-11H,1H2;2-9H,1H2/t2-,3-,4+,5-,6?;2-,3+,4-,5?/m11/s1. The summed E-state index contributed by atoms with van der Waals surface area (Å²) in [4.78, 5) is 0. The van der Waals surface area contributed by atoms with Crippen LogP contribution in [0.15, 0.2) is 0 Å². The molecule has 0 saturated carbocycles. The van der Waals surface area contributed by atoms with E-state index in [1.165, 1.54) is 0 Å². The first-order valence-corrected chi connectivity index (χ1v) is 6.53. The van der Waals surface area contributed by atoms with Crippen LogP contribution in [0.4, 0.5) is 0 Å². The van der Waals surface area contributed by atoms with Gasteiger partial charge < -0.3 is 55.4 Å². The monoisotopic (exact) mass is 330 g/mol. The zero-order valence-corrected chi connectivity index (χ0v) is 11.5. The molecule has 0 bridgehead atoms. The highest BCUT2D eigenvalue weighted by Gasteiger charge is 2.42. The van der Waals surface area contributed by atoms with Crippen molar-refractivity contribution in [3.8, 4) is 0 Å². The van der Waals surface area contributed by atoms with Gasteiger partial charge in [0.05, 0.1) is 13.2 Å². The lowest BCUT2D eigenvalue weighted by molar-refractivity contribution is -0.286. The maximum absolute atomic E-state index is 9.12. The predicted molar refractivity (Wildman–Crippen MR) is 66.0 cm³/mol. The Balaban J connectivity index is 0.000000224. The van der Waals surface area contributed by atoms with Gasteiger partial charge in [0, 0.05) is 0 Å². The minimum Gasteiger partial charge on any atom is -0.394 e. The maximum atomic E-state index is 9.12. The molecule has 0 aromatic carbocycles. The molecule has 0 aromatic heterocycles. The molecule has 2 unspecified atom stereocenters. The Bertz CT molecular complexity index is 310. The third-order valence-electron chi connectivity index (χ3n) is 3.34. The molecule has 11 heteroatoms. The van der Waals surface area contributed by atoms with Gasteiger partial charge in [0.2, 0.25) is 0 Å². The Kier molecular flexibility index (Phi) is 7.51. The lowest BCUT2D eigenvalue weighted by atomic mass is 10.00. The molecule has 2 saturated heterocycles. The normalized spacial score (nSPS) is 49.2. The topological polar surface area (TPSA) is 201 Å². The molecule has 22 heavy (non-hydrogen) atoms. The van der Waals surface area contributed by atoms with Crippen molar-refractivity contribution in [2.75, 3.05) is 13.2 Å². The fraction of sp³-hybridized carbons (Fsp3) is 1.00. The smallest absolute Gasteiger partial charge is 0.184 e. The van der Waals surface area contributed by atoms with Crippen LogP contribution in [0.25, 0.3) is 0 Å². The van der Waals surface area contributed by atoms with E-state index in [1.54, 1.807) is 0 Å². The van der Waals surface area contributed by atoms with Crippen LogP contribution >= 0.6 is 0 Å². The Labute approximate surface area is 125 Å². The lowest BCUT2D eigenvalue weighted by Crippen LogP contribution is -2.58. The van der Waals surface area contributed by atoms with Crippen molar-refractivity contribution in [2.45, 2.75) is 55.3 Å². The van der Waals surface area contributed by atoms with E-state index in [0.717, 1.165) is 0 Å². The molecule has 2 aliphatic rings. The van der Waals surface area contributed by atoms with Crippen LogP contribution in [0.5, 0.6) is 0 Å². The number of aliphatic hydroxyl groups is 9. The molecular formula is C11H22O11. The summed E-state index contributed by atoms with van der Waals surface area (Å²) >= 11 is 0. The highest BCUT2D eigenvalue weighted by atomic mass is 16.6. The number of hydrogen-bond donors (Lipinski definition) is 9. The average Bonchev–Trinajstić information content (AvgIpc) is 2.51. The first-order valence-electron chi connectivity index (χ1n) is 6.53. The molecule has 0 amide bonds. The second kappa shape index (κ2) is 8.42. The van der Waals surface area contributed by atoms with Gasteiger partial charge in [0.15, 0.2) is 12.6 Å². The second-order valence-corrected chi connectivity index (χ2v) is 4.99. The molecule has 2 heterocycles. The van der Waals surface area contributed by atoms with Crippen molar-refractivity contribution in [3.63, 3.8) is 0 Å². The van der Waals surface area contributed by atoms with Crippen LogP contribution in [0.3, 0.4) is 0 Å². The van der Waals surface area contributed by atoms with Gasteiger partial charge >= 0.3 is 0 Å². The van der Waals surface area contributed by atoms with E-state index >= 15 is 0 Å². The fourth-order valence-corrected chi connectivity index (χ4v) is 1.87. The van der Waals surface area contributed by atoms with Gasteiger partial charge in [-0.15, -0.1) is 0 Å². The quantitative estimate of drug-likeness (QED) is 0.222. The van der Waals surface area contributed by atoms with Crippen molar-refractivity contribution in [2.24, 2.45) is 0 Å². The van der Waals surface area contributed by atoms with Gasteiger partial charge in [-0.05, 0) is 0 Å². The summed E-state index contributed by atoms with van der Waals surface area (Å²) in [5.74, 6) is 0. The number of aliphatic hydroxyl groups excluding tert-OH is 9. The van der Waals surface area contributed by atoms with E-state index in [-0.39, 0.29) is 6.61 Å². The summed E-state index contributed by atoms with van der Waals surface area (Å²) in [5.41, 5.74) is 0. The second-order valence-electron chi connectivity index (χ2n) is 4.99. The minimum atomic E-state index is -1.57. The molecule has 2 aliphatic heterocycles. The van der Waals surface area contributed by atoms with Crippen LogP contribution < -0.4 is 0 Å². The zero-order chi connectivity index (χ0) is 17.0. The van der Waals surface area contributed by atoms with E-state index in [2.05, 4.69) is 9.47 Å². The van der Waals surface area contributed by atoms with Gasteiger partial charge in [0.25, 0.3) is 0 Å². The van der Waals surface area contributed by atoms with Crippen molar-refractivity contribution >= 4 is 0 Å². The van der Waals surface area contributed by atoms with Gasteiger partial charge in [-0.3, -0.25) is 0 Å². The Morgan fingerprint density at radius 3 is 1.73 bits per heavy atom. The first kappa shape index (κ1) is 19.6. The SMILES string of the molecule is OC1OC[C@@H](O)[C@H](O)[C@H]1O.OC[C@H]1OC(O)[C@H](O)[C@@H](O)[C@@H]1O. The highest BCUT2D eigenvalue weighted by Crippen LogP contribution is 2.19. The maximum Gasteiger partial charge on any atom is 0.184 e. The molecule has 132 valence electrons. The average molecular weight is 330 g/mol. The van der Waals surface area contributed by atoms with Gasteiger partial charge in [-0.2, -0.15) is 0 Å². The molecule has 0 spiro atoms. The summed E-state index contributed by atoms with van der Waals surface area (Å²) in [6.45, 7) is -0.679. The highest BCUT2D eigenvalue weighted by molar-refractivity contribution is 4.88. The summed E-state index contributed by atoms with van der Waals surface area (Å²) in [6, 6.07) is 0. The molecule has 0 aromatic rings. The Hall–Kier alpha value is -0.440. The summed E-state index contributed by atoms with van der Waals surface area (Å²) in [7, 11) is 0. The van der Waals surface area contributed by atoms with Gasteiger partial charge in [0.1, 0.15) is 42.7 Å². The third-order valence-corrected chi connectivity index (χ3v) is 3.34. The number of hydrogen-bond acceptors (Lipinski definition) is 11. The fourth-order valence-electron chi connectivity index (χ4n) is 1.87. The molecule has 0 aliphatic carbocycles. The predicted octanol–water partition coefficient (Wildman–Crippen LogP) is -5.80. The molecule has 0 radical (unpaired) electrons. The van der Waals surface area contributed by atoms with Crippen molar-refractivity contribution in [3.05, 3.63) is 0 Å². The van der Waals surface area contributed by atoms with Crippen LogP contribution in [0.2, 0.25) is 0 Å². The minimum absolute atomic E-state index is 0.153. The van der Waals surface area contributed by atoms with Gasteiger partial charge in [-0.1, -0.05) is 0 Å². The third kappa shape index (κ3) is 4.53. The van der Waals surface area contributed by atoms with Crippen molar-refractivity contribution in [1.82, 2.24) is 0 Å². The summed E-state index contributed by atoms with van der Waals surface area (Å²) < 4.78 is 9.04. The van der Waals surface area contributed by atoms with E-state index < -0.39 is 61.9 Å². The van der Waals surface area contributed by atoms with Crippen LogP contribution in [0.1, 0.15) is 0 Å². The van der Waals surface area contributed by atoms with E-state index in [1.807, 2.05) is 0 Å². The summed E-state index contributed by atoms with van der Waals surface area (Å²) in [6.07, 6.45) is -12.3. The number of ether oxygens (including phenoxy) is 2. The van der Waals surface area contributed by atoms with Crippen molar-refractivity contribution < 1.29 is 55.4 Å². The van der Waals surface area contributed by atoms with E-state index in [4.69, 9.17) is 46.0 Å². The Morgan fingerprint density at radius 2 is 1.23 bits per heavy atom. The Morgan fingerprint density at radius 1 is 0.682 bits per heavy atom. The van der Waals surface area contributed by atoms with Crippen LogP contribution in [-0.4, -0.2) is 114 Å². The van der Waals surface area contributed by atoms with E-state index in [0.29, 0.717) is 0 Å². The zero-order valence-electron chi connectivity index (χ0n) is 11.5. The number of rotatable bonds is 1. The molecular weight excluding hydrogens is 308 g/mol. The molecule has 2 fully saturated rings.